The molecule has 1 unspecified atom stereocenters. The van der Waals surface area contributed by atoms with E-state index in [0.29, 0.717) is 0 Å². The van der Waals surface area contributed by atoms with Crippen LogP contribution in [0.25, 0.3) is 0 Å². The minimum Gasteiger partial charge on any atom is -0.366 e. The molecular formula is C17H20BrNO2. The molecule has 1 atom stereocenters. The molecule has 0 spiro atoms. The van der Waals surface area contributed by atoms with E-state index in [9.17, 15) is 9.90 Å². The van der Waals surface area contributed by atoms with Crippen molar-refractivity contribution >= 4 is 27.5 Å². The van der Waals surface area contributed by atoms with Gasteiger partial charge in [-0.15, -0.1) is 0 Å². The van der Waals surface area contributed by atoms with Crippen LogP contribution < -0.4 is 4.90 Å². The van der Waals surface area contributed by atoms with Crippen molar-refractivity contribution < 1.29 is 9.90 Å². The molecule has 0 radical (unpaired) electrons. The van der Waals surface area contributed by atoms with Crippen molar-refractivity contribution in [2.24, 2.45) is 5.92 Å². The summed E-state index contributed by atoms with van der Waals surface area (Å²) in [5.74, 6) is -0.0704. The van der Waals surface area contributed by atoms with E-state index < -0.39 is 5.72 Å². The Bertz CT molecular complexity index is 606. The normalized spacial score (nSPS) is 25.8. The van der Waals surface area contributed by atoms with E-state index in [-0.39, 0.29) is 11.8 Å². The Kier molecular flexibility index (Phi) is 3.70. The van der Waals surface area contributed by atoms with Crippen molar-refractivity contribution in [2.45, 2.75) is 45.3 Å². The molecule has 0 saturated carbocycles. The van der Waals surface area contributed by atoms with Crippen LogP contribution in [0.1, 0.15) is 39.5 Å². The number of carbonyl (C=O) groups is 1. The van der Waals surface area contributed by atoms with Gasteiger partial charge >= 0.3 is 0 Å². The highest BCUT2D eigenvalue weighted by Gasteiger charge is 2.52. The fraction of sp³-hybridized carbons (Fsp3) is 0.471. The zero-order valence-corrected chi connectivity index (χ0v) is 14.0. The van der Waals surface area contributed by atoms with Crippen molar-refractivity contribution in [1.82, 2.24) is 0 Å². The third-order valence-electron chi connectivity index (χ3n) is 4.60. The summed E-state index contributed by atoms with van der Waals surface area (Å²) in [6.45, 7) is 3.95. The van der Waals surface area contributed by atoms with Crippen LogP contribution >= 0.6 is 15.9 Å². The van der Waals surface area contributed by atoms with Crippen LogP contribution in [-0.2, 0) is 4.79 Å². The van der Waals surface area contributed by atoms with Crippen molar-refractivity contribution in [3.8, 4) is 0 Å². The van der Waals surface area contributed by atoms with Gasteiger partial charge in [0.1, 0.15) is 0 Å². The molecule has 1 N–H and O–H groups in total. The van der Waals surface area contributed by atoms with Gasteiger partial charge in [-0.25, -0.2) is 0 Å². The molecule has 0 bridgehead atoms. The SMILES string of the molecule is CC(C)C1(O)C2=C(CCCC2)C(=O)N1c1ccc(Br)cc1. The summed E-state index contributed by atoms with van der Waals surface area (Å²) < 4.78 is 0.962. The molecule has 21 heavy (non-hydrogen) atoms. The van der Waals surface area contributed by atoms with Crippen molar-refractivity contribution in [3.63, 3.8) is 0 Å². The lowest BCUT2D eigenvalue weighted by Crippen LogP contribution is -2.52. The van der Waals surface area contributed by atoms with Crippen LogP contribution in [0.15, 0.2) is 39.9 Å². The van der Waals surface area contributed by atoms with Crippen molar-refractivity contribution in [3.05, 3.63) is 39.9 Å². The number of carbonyl (C=O) groups excluding carboxylic acids is 1. The topological polar surface area (TPSA) is 40.5 Å². The first-order valence-electron chi connectivity index (χ1n) is 7.51. The molecule has 0 fully saturated rings. The summed E-state index contributed by atoms with van der Waals surface area (Å²) in [6, 6.07) is 7.57. The number of anilines is 1. The summed E-state index contributed by atoms with van der Waals surface area (Å²) in [6.07, 6.45) is 3.70. The third kappa shape index (κ3) is 2.16. The number of nitrogens with zero attached hydrogens (tertiary/aromatic N) is 1. The second kappa shape index (κ2) is 5.25. The van der Waals surface area contributed by atoms with Crippen LogP contribution in [-0.4, -0.2) is 16.7 Å². The minimum absolute atomic E-state index is 0.0248. The fourth-order valence-corrected chi connectivity index (χ4v) is 3.75. The quantitative estimate of drug-likeness (QED) is 0.876. The Morgan fingerprint density at radius 1 is 1.19 bits per heavy atom. The van der Waals surface area contributed by atoms with Gasteiger partial charge in [0.2, 0.25) is 0 Å². The second-order valence-corrected chi connectivity index (χ2v) is 7.08. The standard InChI is InChI=1S/C17H20BrNO2/c1-11(2)17(21)15-6-4-3-5-14(15)16(20)19(17)13-9-7-12(18)8-10-13/h7-11,21H,3-6H2,1-2H3. The number of aliphatic hydroxyl groups is 1. The van der Waals surface area contributed by atoms with Crippen molar-refractivity contribution in [2.75, 3.05) is 4.90 Å². The fourth-order valence-electron chi connectivity index (χ4n) is 3.48. The number of hydrogen-bond donors (Lipinski definition) is 1. The molecule has 1 aromatic rings. The molecule has 1 heterocycles. The van der Waals surface area contributed by atoms with Gasteiger partial charge in [-0.3, -0.25) is 9.69 Å². The highest BCUT2D eigenvalue weighted by atomic mass is 79.9. The zero-order valence-electron chi connectivity index (χ0n) is 12.4. The van der Waals surface area contributed by atoms with E-state index in [4.69, 9.17) is 0 Å². The maximum atomic E-state index is 12.8. The molecule has 4 heteroatoms. The summed E-state index contributed by atoms with van der Waals surface area (Å²) >= 11 is 3.41. The number of benzene rings is 1. The van der Waals surface area contributed by atoms with Crippen LogP contribution in [0.5, 0.6) is 0 Å². The first kappa shape index (κ1) is 14.8. The van der Waals surface area contributed by atoms with Crippen LogP contribution in [0.3, 0.4) is 0 Å². The predicted molar refractivity (Wildman–Crippen MR) is 86.9 cm³/mol. The molecular weight excluding hydrogens is 330 g/mol. The molecule has 3 nitrogen and oxygen atoms in total. The monoisotopic (exact) mass is 349 g/mol. The molecule has 3 rings (SSSR count). The first-order valence-corrected chi connectivity index (χ1v) is 8.30. The number of amides is 1. The smallest absolute Gasteiger partial charge is 0.256 e. The van der Waals surface area contributed by atoms with E-state index in [1.807, 2.05) is 38.1 Å². The summed E-state index contributed by atoms with van der Waals surface area (Å²) in [4.78, 5) is 14.4. The molecule has 112 valence electrons. The molecule has 0 saturated heterocycles. The lowest BCUT2D eigenvalue weighted by atomic mass is 9.83. The Balaban J connectivity index is 2.12. The second-order valence-electron chi connectivity index (χ2n) is 6.16. The van der Waals surface area contributed by atoms with Gasteiger partial charge < -0.3 is 5.11 Å². The highest BCUT2D eigenvalue weighted by molar-refractivity contribution is 9.10. The van der Waals surface area contributed by atoms with Crippen molar-refractivity contribution in [1.29, 1.82) is 0 Å². The number of halogens is 1. The van der Waals surface area contributed by atoms with E-state index in [0.717, 1.165) is 47.0 Å². The molecule has 1 aliphatic carbocycles. The largest absolute Gasteiger partial charge is 0.366 e. The van der Waals surface area contributed by atoms with Crippen LogP contribution in [0.4, 0.5) is 5.69 Å². The van der Waals surface area contributed by atoms with E-state index in [1.165, 1.54) is 0 Å². The maximum absolute atomic E-state index is 12.8. The molecule has 0 aromatic heterocycles. The Morgan fingerprint density at radius 2 is 1.81 bits per heavy atom. The summed E-state index contributed by atoms with van der Waals surface area (Å²) in [7, 11) is 0. The van der Waals surface area contributed by atoms with Gasteiger partial charge in [0.15, 0.2) is 5.72 Å². The highest BCUT2D eigenvalue weighted by Crippen LogP contribution is 2.47. The predicted octanol–water partition coefficient (Wildman–Crippen LogP) is 4.01. The van der Waals surface area contributed by atoms with Gasteiger partial charge in [0.25, 0.3) is 5.91 Å². The first-order chi connectivity index (χ1) is 9.96. The average molecular weight is 350 g/mol. The molecule has 1 aromatic carbocycles. The van der Waals surface area contributed by atoms with Crippen LogP contribution in [0.2, 0.25) is 0 Å². The lowest BCUT2D eigenvalue weighted by Gasteiger charge is -2.39. The molecule has 1 amide bonds. The van der Waals surface area contributed by atoms with Gasteiger partial charge in [0.05, 0.1) is 0 Å². The Labute approximate surface area is 133 Å². The van der Waals surface area contributed by atoms with E-state index in [2.05, 4.69) is 15.9 Å². The molecule has 1 aliphatic heterocycles. The van der Waals surface area contributed by atoms with Gasteiger partial charge in [-0.1, -0.05) is 29.8 Å². The van der Waals surface area contributed by atoms with Crippen LogP contribution in [0, 0.1) is 5.92 Å². The lowest BCUT2D eigenvalue weighted by molar-refractivity contribution is -0.117. The summed E-state index contributed by atoms with van der Waals surface area (Å²) in [5, 5.41) is 11.4. The van der Waals surface area contributed by atoms with Gasteiger partial charge in [0, 0.05) is 21.7 Å². The third-order valence-corrected chi connectivity index (χ3v) is 5.13. The van der Waals surface area contributed by atoms with Gasteiger partial charge in [-0.2, -0.15) is 0 Å². The zero-order chi connectivity index (χ0) is 15.2. The number of rotatable bonds is 2. The molecule has 2 aliphatic rings. The van der Waals surface area contributed by atoms with Gasteiger partial charge in [-0.05, 0) is 55.5 Å². The van der Waals surface area contributed by atoms with E-state index >= 15 is 0 Å². The summed E-state index contributed by atoms with van der Waals surface area (Å²) in [5.41, 5.74) is 1.35. The Morgan fingerprint density at radius 3 is 2.43 bits per heavy atom. The van der Waals surface area contributed by atoms with E-state index in [1.54, 1.807) is 4.90 Å². The maximum Gasteiger partial charge on any atom is 0.256 e. The Hall–Kier alpha value is -1.13. The average Bonchev–Trinajstić information content (AvgIpc) is 2.71. The number of hydrogen-bond acceptors (Lipinski definition) is 2. The minimum atomic E-state index is -1.18.